The molecule has 0 aromatic heterocycles. The van der Waals surface area contributed by atoms with Crippen LogP contribution in [0.3, 0.4) is 0 Å². The molecular weight excluding hydrogens is 290 g/mol. The predicted molar refractivity (Wildman–Crippen MR) is 87.6 cm³/mol. The Labute approximate surface area is 129 Å². The van der Waals surface area contributed by atoms with Crippen LogP contribution >= 0.6 is 24.0 Å². The first-order chi connectivity index (χ1) is 9.29. The fraction of sp³-hybridized carbons (Fsp3) is 0.400. The second-order valence-electron chi connectivity index (χ2n) is 5.46. The number of amides is 1. The van der Waals surface area contributed by atoms with E-state index in [2.05, 4.69) is 5.32 Å². The predicted octanol–water partition coefficient (Wildman–Crippen LogP) is 3.33. The lowest BCUT2D eigenvalue weighted by molar-refractivity contribution is -0.131. The normalized spacial score (nSPS) is 10.9. The number of hydrogen-bond acceptors (Lipinski definition) is 4. The SMILES string of the molecule is CC(C)(C)C(=O)CC(=O)NC(=S)SCc1ccccc1. The van der Waals surface area contributed by atoms with E-state index >= 15 is 0 Å². The molecule has 0 bridgehead atoms. The number of hydrogen-bond donors (Lipinski definition) is 1. The third-order valence-corrected chi connectivity index (χ3v) is 3.91. The van der Waals surface area contributed by atoms with Gasteiger partial charge in [0, 0.05) is 11.2 Å². The highest BCUT2D eigenvalue weighted by Crippen LogP contribution is 2.17. The van der Waals surface area contributed by atoms with Crippen LogP contribution in [0.1, 0.15) is 32.8 Å². The van der Waals surface area contributed by atoms with Crippen molar-refractivity contribution >= 4 is 40.0 Å². The van der Waals surface area contributed by atoms with Gasteiger partial charge in [0.05, 0.1) is 6.42 Å². The molecule has 1 amide bonds. The smallest absolute Gasteiger partial charge is 0.232 e. The molecule has 0 aliphatic heterocycles. The third-order valence-electron chi connectivity index (χ3n) is 2.61. The number of benzene rings is 1. The zero-order chi connectivity index (χ0) is 15.2. The Hall–Kier alpha value is -1.20. The second-order valence-corrected chi connectivity index (χ2v) is 7.11. The number of thioether (sulfide) groups is 1. The zero-order valence-corrected chi connectivity index (χ0v) is 13.6. The summed E-state index contributed by atoms with van der Waals surface area (Å²) in [6, 6.07) is 9.87. The van der Waals surface area contributed by atoms with Crippen molar-refractivity contribution in [3.8, 4) is 0 Å². The molecule has 0 saturated heterocycles. The molecule has 108 valence electrons. The molecule has 0 unspecified atom stereocenters. The molecular formula is C15H19NO2S2. The number of rotatable bonds is 4. The van der Waals surface area contributed by atoms with Gasteiger partial charge in [-0.25, -0.2) is 0 Å². The quantitative estimate of drug-likeness (QED) is 0.684. The number of nitrogens with one attached hydrogen (secondary N) is 1. The van der Waals surface area contributed by atoms with Gasteiger partial charge in [-0.3, -0.25) is 9.59 Å². The summed E-state index contributed by atoms with van der Waals surface area (Å²) in [7, 11) is 0. The first-order valence-electron chi connectivity index (χ1n) is 6.33. The van der Waals surface area contributed by atoms with Gasteiger partial charge >= 0.3 is 0 Å². The molecule has 0 aliphatic carbocycles. The van der Waals surface area contributed by atoms with Crippen molar-refractivity contribution in [2.75, 3.05) is 0 Å². The minimum atomic E-state index is -0.504. The van der Waals surface area contributed by atoms with Gasteiger partial charge in [0.15, 0.2) is 0 Å². The number of ketones is 1. The van der Waals surface area contributed by atoms with Crippen molar-refractivity contribution in [2.24, 2.45) is 5.41 Å². The van der Waals surface area contributed by atoms with E-state index < -0.39 is 5.41 Å². The number of Topliss-reactive ketones (excluding diaryl/α,β-unsaturated/α-hetero) is 1. The van der Waals surface area contributed by atoms with Crippen molar-refractivity contribution < 1.29 is 9.59 Å². The zero-order valence-electron chi connectivity index (χ0n) is 11.9. The van der Waals surface area contributed by atoms with E-state index in [0.29, 0.717) is 10.1 Å². The van der Waals surface area contributed by atoms with Crippen molar-refractivity contribution in [3.63, 3.8) is 0 Å². The summed E-state index contributed by atoms with van der Waals surface area (Å²) in [5.41, 5.74) is 0.635. The standard InChI is InChI=1S/C15H19NO2S2/c1-15(2,3)12(17)9-13(18)16-14(19)20-10-11-7-5-4-6-8-11/h4-8H,9-10H2,1-3H3,(H,16,18,19). The minimum absolute atomic E-state index is 0.0918. The molecule has 1 N–H and O–H groups in total. The van der Waals surface area contributed by atoms with Gasteiger partial charge in [-0.15, -0.1) is 0 Å². The van der Waals surface area contributed by atoms with Crippen LogP contribution in [0.4, 0.5) is 0 Å². The maximum Gasteiger partial charge on any atom is 0.232 e. The summed E-state index contributed by atoms with van der Waals surface area (Å²) >= 11 is 6.48. The van der Waals surface area contributed by atoms with Gasteiger partial charge in [-0.05, 0) is 5.56 Å². The largest absolute Gasteiger partial charge is 0.311 e. The Kier molecular flexibility index (Phi) is 6.36. The van der Waals surface area contributed by atoms with Crippen LogP contribution in [0.2, 0.25) is 0 Å². The Morgan fingerprint density at radius 1 is 1.20 bits per heavy atom. The lowest BCUT2D eigenvalue weighted by Crippen LogP contribution is -2.32. The van der Waals surface area contributed by atoms with Gasteiger partial charge in [-0.2, -0.15) is 0 Å². The fourth-order valence-electron chi connectivity index (χ4n) is 1.33. The van der Waals surface area contributed by atoms with Gasteiger partial charge < -0.3 is 5.32 Å². The van der Waals surface area contributed by atoms with Gasteiger partial charge in [0.25, 0.3) is 0 Å². The second kappa shape index (κ2) is 7.55. The lowest BCUT2D eigenvalue weighted by atomic mass is 9.89. The number of thiocarbonyl (C=S) groups is 1. The summed E-state index contributed by atoms with van der Waals surface area (Å²) in [5, 5.41) is 2.59. The monoisotopic (exact) mass is 309 g/mol. The molecule has 0 fully saturated rings. The summed E-state index contributed by atoms with van der Waals surface area (Å²) in [6.45, 7) is 5.39. The third kappa shape index (κ3) is 6.30. The molecule has 1 rings (SSSR count). The number of carbonyl (C=O) groups excluding carboxylic acids is 2. The minimum Gasteiger partial charge on any atom is -0.311 e. The Morgan fingerprint density at radius 2 is 1.80 bits per heavy atom. The first-order valence-corrected chi connectivity index (χ1v) is 7.72. The van der Waals surface area contributed by atoms with Gasteiger partial charge in [0.2, 0.25) is 5.91 Å². The summed E-state index contributed by atoms with van der Waals surface area (Å²) in [4.78, 5) is 23.4. The van der Waals surface area contributed by atoms with Crippen molar-refractivity contribution in [3.05, 3.63) is 35.9 Å². The van der Waals surface area contributed by atoms with Crippen LogP contribution in [0.15, 0.2) is 30.3 Å². The summed E-state index contributed by atoms with van der Waals surface area (Å²) < 4.78 is 0.403. The van der Waals surface area contributed by atoms with Crippen LogP contribution in [-0.4, -0.2) is 16.0 Å². The average molecular weight is 309 g/mol. The molecule has 0 atom stereocenters. The molecule has 0 aliphatic rings. The summed E-state index contributed by atoms with van der Waals surface area (Å²) in [5.74, 6) is 0.272. The van der Waals surface area contributed by atoms with Crippen LogP contribution in [0.5, 0.6) is 0 Å². The molecule has 1 aromatic carbocycles. The van der Waals surface area contributed by atoms with Gasteiger partial charge in [0.1, 0.15) is 10.1 Å². The van der Waals surface area contributed by atoms with Gasteiger partial charge in [-0.1, -0.05) is 75.1 Å². The van der Waals surface area contributed by atoms with Crippen LogP contribution in [-0.2, 0) is 15.3 Å². The Morgan fingerprint density at radius 3 is 2.35 bits per heavy atom. The molecule has 5 heteroatoms. The van der Waals surface area contributed by atoms with Crippen molar-refractivity contribution in [1.29, 1.82) is 0 Å². The Bertz CT molecular complexity index is 492. The first kappa shape index (κ1) is 16.9. The Balaban J connectivity index is 2.36. The van der Waals surface area contributed by atoms with E-state index in [0.717, 1.165) is 5.56 Å². The maximum absolute atomic E-state index is 11.7. The molecule has 20 heavy (non-hydrogen) atoms. The highest BCUT2D eigenvalue weighted by atomic mass is 32.2. The highest BCUT2D eigenvalue weighted by molar-refractivity contribution is 8.22. The highest BCUT2D eigenvalue weighted by Gasteiger charge is 2.23. The van der Waals surface area contributed by atoms with E-state index in [1.54, 1.807) is 20.8 Å². The van der Waals surface area contributed by atoms with Crippen molar-refractivity contribution in [2.45, 2.75) is 32.9 Å². The average Bonchev–Trinajstić information content (AvgIpc) is 2.36. The summed E-state index contributed by atoms with van der Waals surface area (Å²) in [6.07, 6.45) is -0.129. The molecule has 0 saturated carbocycles. The number of carbonyl (C=O) groups is 2. The van der Waals surface area contributed by atoms with Crippen LogP contribution in [0.25, 0.3) is 0 Å². The molecule has 3 nitrogen and oxygen atoms in total. The van der Waals surface area contributed by atoms with E-state index in [9.17, 15) is 9.59 Å². The van der Waals surface area contributed by atoms with E-state index in [-0.39, 0.29) is 18.1 Å². The lowest BCUT2D eigenvalue weighted by Gasteiger charge is -2.16. The van der Waals surface area contributed by atoms with Crippen LogP contribution in [0, 0.1) is 5.41 Å². The molecule has 0 spiro atoms. The maximum atomic E-state index is 11.7. The molecule has 0 heterocycles. The molecule has 0 radical (unpaired) electrons. The van der Waals surface area contributed by atoms with E-state index in [1.165, 1.54) is 11.8 Å². The van der Waals surface area contributed by atoms with E-state index in [1.807, 2.05) is 30.3 Å². The van der Waals surface area contributed by atoms with Crippen LogP contribution < -0.4 is 5.32 Å². The molecule has 1 aromatic rings. The topological polar surface area (TPSA) is 46.2 Å². The van der Waals surface area contributed by atoms with Crippen molar-refractivity contribution in [1.82, 2.24) is 5.32 Å². The van der Waals surface area contributed by atoms with E-state index in [4.69, 9.17) is 12.2 Å². The fourth-order valence-corrected chi connectivity index (χ4v) is 2.30.